The van der Waals surface area contributed by atoms with Gasteiger partial charge in [0.15, 0.2) is 5.82 Å². The summed E-state index contributed by atoms with van der Waals surface area (Å²) in [5, 5.41) is 10.3. The van der Waals surface area contributed by atoms with Crippen molar-refractivity contribution >= 4 is 39.2 Å². The van der Waals surface area contributed by atoms with Crippen molar-refractivity contribution in [2.24, 2.45) is 0 Å². The topological polar surface area (TPSA) is 92.1 Å². The van der Waals surface area contributed by atoms with Crippen LogP contribution in [-0.2, 0) is 30.2 Å². The van der Waals surface area contributed by atoms with Crippen LogP contribution in [0.2, 0.25) is 0 Å². The number of halogens is 5. The summed E-state index contributed by atoms with van der Waals surface area (Å²) >= 11 is 1.51. The summed E-state index contributed by atoms with van der Waals surface area (Å²) in [6, 6.07) is 1.98. The molecule has 0 radical (unpaired) electrons. The number of thiophene rings is 1. The van der Waals surface area contributed by atoms with Crippen LogP contribution >= 0.6 is 11.3 Å². The van der Waals surface area contributed by atoms with Crippen LogP contribution in [0.1, 0.15) is 29.9 Å². The second kappa shape index (κ2) is 8.53. The summed E-state index contributed by atoms with van der Waals surface area (Å²) in [6.45, 7) is 3.03. The molecule has 9 nitrogen and oxygen atoms in total. The standard InChI is InChI=1S/C20H21F5N8OS/c1-2-3-11-8-12-15(27-18(28-16(12)35-11)32-5-4-26-14(34)10-32)31-6-7-33-13(9-31)29-30-17(33)19(21,22)20(23,24)25/h8H,2-7,9-10H2,1H3,(H,26,34). The lowest BCUT2D eigenvalue weighted by Gasteiger charge is -2.31. The number of rotatable bonds is 5. The Balaban J connectivity index is 1.53. The Hall–Kier alpha value is -3.10. The number of piperazine rings is 1. The van der Waals surface area contributed by atoms with Gasteiger partial charge in [0.2, 0.25) is 17.7 Å². The highest BCUT2D eigenvalue weighted by Crippen LogP contribution is 2.44. The quantitative estimate of drug-likeness (QED) is 0.522. The summed E-state index contributed by atoms with van der Waals surface area (Å²) in [5.41, 5.74) is 0. The predicted molar refractivity (Wildman–Crippen MR) is 118 cm³/mol. The van der Waals surface area contributed by atoms with E-state index >= 15 is 0 Å². The van der Waals surface area contributed by atoms with Gasteiger partial charge in [0.05, 0.1) is 18.5 Å². The van der Waals surface area contributed by atoms with Gasteiger partial charge in [-0.05, 0) is 12.5 Å². The van der Waals surface area contributed by atoms with Gasteiger partial charge in [-0.25, -0.2) is 4.98 Å². The highest BCUT2D eigenvalue weighted by Gasteiger charge is 2.62. The zero-order valence-electron chi connectivity index (χ0n) is 18.6. The molecule has 3 aromatic heterocycles. The van der Waals surface area contributed by atoms with Crippen molar-refractivity contribution in [3.05, 3.63) is 22.6 Å². The lowest BCUT2D eigenvalue weighted by atomic mass is 10.2. The van der Waals surface area contributed by atoms with E-state index in [1.54, 1.807) is 9.80 Å². The number of nitrogens with one attached hydrogen (secondary N) is 1. The molecule has 0 unspecified atom stereocenters. The highest BCUT2D eigenvalue weighted by molar-refractivity contribution is 7.18. The molecule has 2 aliphatic rings. The molecular formula is C20H21F5N8OS. The Labute approximate surface area is 200 Å². The van der Waals surface area contributed by atoms with E-state index < -0.39 is 17.9 Å². The largest absolute Gasteiger partial charge is 0.461 e. The molecule has 0 saturated carbocycles. The fourth-order valence-corrected chi connectivity index (χ4v) is 5.32. The predicted octanol–water partition coefficient (Wildman–Crippen LogP) is 2.85. The lowest BCUT2D eigenvalue weighted by Crippen LogP contribution is -2.48. The minimum Gasteiger partial charge on any atom is -0.353 e. The van der Waals surface area contributed by atoms with Crippen molar-refractivity contribution in [2.45, 2.75) is 45.0 Å². The third-order valence-corrected chi connectivity index (χ3v) is 7.01. The summed E-state index contributed by atoms with van der Waals surface area (Å²) in [4.78, 5) is 26.6. The first kappa shape index (κ1) is 23.6. The van der Waals surface area contributed by atoms with Crippen molar-refractivity contribution in [2.75, 3.05) is 36.0 Å². The van der Waals surface area contributed by atoms with Crippen LogP contribution < -0.4 is 15.1 Å². The number of hydrogen-bond acceptors (Lipinski definition) is 8. The van der Waals surface area contributed by atoms with Gasteiger partial charge in [0, 0.05) is 31.1 Å². The van der Waals surface area contributed by atoms with E-state index in [1.807, 2.05) is 6.07 Å². The first-order chi connectivity index (χ1) is 16.6. The van der Waals surface area contributed by atoms with Crippen LogP contribution in [0, 0.1) is 0 Å². The molecule has 5 rings (SSSR count). The maximum atomic E-state index is 14.0. The fraction of sp³-hybridized carbons (Fsp3) is 0.550. The Morgan fingerprint density at radius 3 is 2.57 bits per heavy atom. The van der Waals surface area contributed by atoms with Gasteiger partial charge in [-0.2, -0.15) is 26.9 Å². The van der Waals surface area contributed by atoms with E-state index in [9.17, 15) is 26.7 Å². The van der Waals surface area contributed by atoms with Crippen LogP contribution in [0.25, 0.3) is 10.2 Å². The van der Waals surface area contributed by atoms with Gasteiger partial charge >= 0.3 is 12.1 Å². The summed E-state index contributed by atoms with van der Waals surface area (Å²) in [7, 11) is 0. The van der Waals surface area contributed by atoms with Crippen LogP contribution in [-0.4, -0.2) is 63.0 Å². The SMILES string of the molecule is CCCc1cc2c(N3CCn4c(nnc4C(F)(F)C(F)(F)F)C3)nc(N3CCNC(=O)C3)nc2s1. The van der Waals surface area contributed by atoms with Gasteiger partial charge < -0.3 is 19.7 Å². The highest BCUT2D eigenvalue weighted by atomic mass is 32.1. The van der Waals surface area contributed by atoms with Gasteiger partial charge in [0.25, 0.3) is 0 Å². The van der Waals surface area contributed by atoms with Gasteiger partial charge in [0.1, 0.15) is 10.6 Å². The summed E-state index contributed by atoms with van der Waals surface area (Å²) < 4.78 is 67.5. The zero-order chi connectivity index (χ0) is 25.0. The molecule has 1 amide bonds. The monoisotopic (exact) mass is 516 g/mol. The second-order valence-electron chi connectivity index (χ2n) is 8.39. The Morgan fingerprint density at radius 1 is 1.06 bits per heavy atom. The number of hydrogen-bond donors (Lipinski definition) is 1. The van der Waals surface area contributed by atoms with Crippen molar-refractivity contribution in [1.29, 1.82) is 0 Å². The molecule has 0 spiro atoms. The van der Waals surface area contributed by atoms with Crippen molar-refractivity contribution in [3.8, 4) is 0 Å². The molecule has 5 heterocycles. The second-order valence-corrected chi connectivity index (χ2v) is 9.50. The molecule has 1 N–H and O–H groups in total. The normalized spacial score (nSPS) is 17.1. The Bertz CT molecular complexity index is 1270. The number of alkyl halides is 5. The van der Waals surface area contributed by atoms with E-state index in [0.717, 1.165) is 32.5 Å². The molecular weight excluding hydrogens is 495 g/mol. The minimum absolute atomic E-state index is 0.00940. The number of carbonyl (C=O) groups is 1. The minimum atomic E-state index is -5.77. The van der Waals surface area contributed by atoms with E-state index in [0.29, 0.717) is 24.9 Å². The van der Waals surface area contributed by atoms with Gasteiger partial charge in [-0.1, -0.05) is 13.3 Å². The molecule has 1 fully saturated rings. The van der Waals surface area contributed by atoms with Crippen LogP contribution in [0.5, 0.6) is 0 Å². The maximum absolute atomic E-state index is 14.0. The number of aromatic nitrogens is 5. The molecule has 0 aromatic carbocycles. The molecule has 0 atom stereocenters. The molecule has 2 aliphatic heterocycles. The lowest BCUT2D eigenvalue weighted by molar-refractivity contribution is -0.293. The molecule has 0 bridgehead atoms. The third-order valence-electron chi connectivity index (χ3n) is 5.92. The van der Waals surface area contributed by atoms with E-state index in [1.165, 1.54) is 11.3 Å². The van der Waals surface area contributed by atoms with Crippen LogP contribution in [0.4, 0.5) is 33.7 Å². The average molecular weight is 517 g/mol. The van der Waals surface area contributed by atoms with E-state index in [4.69, 9.17) is 4.98 Å². The third kappa shape index (κ3) is 4.15. The van der Waals surface area contributed by atoms with Crippen molar-refractivity contribution < 1.29 is 26.7 Å². The molecule has 15 heteroatoms. The first-order valence-corrected chi connectivity index (χ1v) is 11.8. The van der Waals surface area contributed by atoms with E-state index in [2.05, 4.69) is 27.4 Å². The smallest absolute Gasteiger partial charge is 0.353 e. The average Bonchev–Trinajstić information content (AvgIpc) is 3.41. The number of aryl methyl sites for hydroxylation is 1. The zero-order valence-corrected chi connectivity index (χ0v) is 19.4. The molecule has 0 aliphatic carbocycles. The number of anilines is 2. The van der Waals surface area contributed by atoms with E-state index in [-0.39, 0.29) is 37.9 Å². The molecule has 3 aromatic rings. The number of carbonyl (C=O) groups excluding carboxylic acids is 1. The van der Waals surface area contributed by atoms with Crippen molar-refractivity contribution in [1.82, 2.24) is 30.0 Å². The summed E-state index contributed by atoms with van der Waals surface area (Å²) in [5.74, 6) is -5.79. The maximum Gasteiger partial charge on any atom is 0.461 e. The number of nitrogens with zero attached hydrogens (tertiary/aromatic N) is 7. The van der Waals surface area contributed by atoms with Gasteiger partial charge in [-0.15, -0.1) is 21.5 Å². The fourth-order valence-electron chi connectivity index (χ4n) is 4.20. The van der Waals surface area contributed by atoms with Crippen molar-refractivity contribution in [3.63, 3.8) is 0 Å². The van der Waals surface area contributed by atoms with Gasteiger partial charge in [-0.3, -0.25) is 4.79 Å². The molecule has 1 saturated heterocycles. The molecule has 188 valence electrons. The number of amides is 1. The summed E-state index contributed by atoms with van der Waals surface area (Å²) in [6.07, 6.45) is -4.00. The molecule has 35 heavy (non-hydrogen) atoms. The van der Waals surface area contributed by atoms with Crippen LogP contribution in [0.15, 0.2) is 6.07 Å². The Morgan fingerprint density at radius 2 is 1.86 bits per heavy atom. The number of fused-ring (bicyclic) bond motifs is 2. The first-order valence-electron chi connectivity index (χ1n) is 11.0. The van der Waals surface area contributed by atoms with Crippen LogP contribution in [0.3, 0.4) is 0 Å². The Kier molecular flexibility index (Phi) is 5.76.